The minimum atomic E-state index is -0.148. The number of carbonyl (C=O) groups excluding carboxylic acids is 1. The van der Waals surface area contributed by atoms with Crippen molar-refractivity contribution in [3.05, 3.63) is 16.1 Å². The second-order valence-electron chi connectivity index (χ2n) is 4.73. The summed E-state index contributed by atoms with van der Waals surface area (Å²) in [6, 6.07) is 2.05. The fourth-order valence-electron chi connectivity index (χ4n) is 2.13. The SMILES string of the molecule is CCN(CCC#N)C(=O)c1sc2nnc(C)c(C)c2c1N. The van der Waals surface area contributed by atoms with E-state index in [1.807, 2.05) is 20.8 Å². The zero-order chi connectivity index (χ0) is 15.6. The Kier molecular flexibility index (Phi) is 4.38. The average molecular weight is 303 g/mol. The first-order valence-corrected chi connectivity index (χ1v) is 7.51. The van der Waals surface area contributed by atoms with Crippen LogP contribution < -0.4 is 5.73 Å². The number of hydrogen-bond donors (Lipinski definition) is 1. The fourth-order valence-corrected chi connectivity index (χ4v) is 3.20. The topological polar surface area (TPSA) is 95.9 Å². The van der Waals surface area contributed by atoms with Gasteiger partial charge < -0.3 is 10.6 Å². The minimum Gasteiger partial charge on any atom is -0.397 e. The number of carbonyl (C=O) groups is 1. The van der Waals surface area contributed by atoms with E-state index in [4.69, 9.17) is 11.0 Å². The molecule has 0 aliphatic heterocycles. The van der Waals surface area contributed by atoms with Gasteiger partial charge in [-0.3, -0.25) is 4.79 Å². The molecule has 0 atom stereocenters. The van der Waals surface area contributed by atoms with Crippen LogP contribution in [0.5, 0.6) is 0 Å². The van der Waals surface area contributed by atoms with Gasteiger partial charge in [0.1, 0.15) is 9.71 Å². The maximum absolute atomic E-state index is 12.6. The van der Waals surface area contributed by atoms with Gasteiger partial charge in [0.2, 0.25) is 0 Å². The van der Waals surface area contributed by atoms with E-state index in [-0.39, 0.29) is 5.91 Å². The van der Waals surface area contributed by atoms with Gasteiger partial charge in [0.15, 0.2) is 0 Å². The summed E-state index contributed by atoms with van der Waals surface area (Å²) < 4.78 is 0. The Hall–Kier alpha value is -2.20. The average Bonchev–Trinajstić information content (AvgIpc) is 2.81. The first-order valence-electron chi connectivity index (χ1n) is 6.69. The van der Waals surface area contributed by atoms with Crippen LogP contribution in [-0.2, 0) is 0 Å². The molecule has 2 heterocycles. The Morgan fingerprint density at radius 1 is 1.43 bits per heavy atom. The van der Waals surface area contributed by atoms with Gasteiger partial charge in [-0.25, -0.2) is 0 Å². The highest BCUT2D eigenvalue weighted by Crippen LogP contribution is 2.35. The van der Waals surface area contributed by atoms with E-state index in [0.717, 1.165) is 16.6 Å². The number of amides is 1. The molecule has 0 aliphatic rings. The fraction of sp³-hybridized carbons (Fsp3) is 0.429. The monoisotopic (exact) mass is 303 g/mol. The highest BCUT2D eigenvalue weighted by molar-refractivity contribution is 7.21. The van der Waals surface area contributed by atoms with Crippen molar-refractivity contribution in [2.24, 2.45) is 0 Å². The maximum atomic E-state index is 12.6. The number of fused-ring (bicyclic) bond motifs is 1. The third-order valence-corrected chi connectivity index (χ3v) is 4.57. The number of thiophene rings is 1. The largest absolute Gasteiger partial charge is 0.397 e. The molecule has 110 valence electrons. The summed E-state index contributed by atoms with van der Waals surface area (Å²) in [5.74, 6) is -0.148. The third-order valence-electron chi connectivity index (χ3n) is 3.49. The molecular formula is C14H17N5OS. The van der Waals surface area contributed by atoms with E-state index in [9.17, 15) is 4.79 Å². The number of aryl methyl sites for hydroxylation is 2. The predicted molar refractivity (Wildman–Crippen MR) is 83.1 cm³/mol. The van der Waals surface area contributed by atoms with E-state index < -0.39 is 0 Å². The molecule has 21 heavy (non-hydrogen) atoms. The molecule has 0 bridgehead atoms. The molecular weight excluding hydrogens is 286 g/mol. The molecule has 2 aromatic heterocycles. The standard InChI is InChI=1S/C14H17N5OS/c1-4-19(7-5-6-15)14(20)12-11(16)10-8(2)9(3)17-18-13(10)21-12/h4-5,7,16H2,1-3H3. The van der Waals surface area contributed by atoms with E-state index in [2.05, 4.69) is 16.3 Å². The van der Waals surface area contributed by atoms with Crippen LogP contribution >= 0.6 is 11.3 Å². The maximum Gasteiger partial charge on any atom is 0.266 e. The van der Waals surface area contributed by atoms with Crippen LogP contribution in [0.25, 0.3) is 10.2 Å². The van der Waals surface area contributed by atoms with Gasteiger partial charge in [-0.1, -0.05) is 0 Å². The highest BCUT2D eigenvalue weighted by atomic mass is 32.1. The number of nitrogens with zero attached hydrogens (tertiary/aromatic N) is 4. The second-order valence-corrected chi connectivity index (χ2v) is 5.73. The van der Waals surface area contributed by atoms with Crippen molar-refractivity contribution in [3.8, 4) is 6.07 Å². The molecule has 0 aliphatic carbocycles. The zero-order valence-electron chi connectivity index (χ0n) is 12.3. The van der Waals surface area contributed by atoms with E-state index in [1.165, 1.54) is 11.3 Å². The summed E-state index contributed by atoms with van der Waals surface area (Å²) in [5.41, 5.74) is 8.38. The Labute approximate surface area is 127 Å². The number of hydrogen-bond acceptors (Lipinski definition) is 6. The molecule has 0 spiro atoms. The van der Waals surface area contributed by atoms with Crippen LogP contribution in [0.1, 0.15) is 34.3 Å². The van der Waals surface area contributed by atoms with Crippen LogP contribution in [0.3, 0.4) is 0 Å². The molecule has 0 fully saturated rings. The van der Waals surface area contributed by atoms with Gasteiger partial charge in [0.25, 0.3) is 5.91 Å². The summed E-state index contributed by atoms with van der Waals surface area (Å²) in [6.45, 7) is 6.62. The molecule has 2 aromatic rings. The molecule has 6 nitrogen and oxygen atoms in total. The molecule has 0 radical (unpaired) electrons. The van der Waals surface area contributed by atoms with Gasteiger partial charge >= 0.3 is 0 Å². The van der Waals surface area contributed by atoms with Crippen molar-refractivity contribution in [2.75, 3.05) is 18.8 Å². The summed E-state index contributed by atoms with van der Waals surface area (Å²) >= 11 is 1.26. The first kappa shape index (κ1) is 15.2. The quantitative estimate of drug-likeness (QED) is 0.934. The minimum absolute atomic E-state index is 0.148. The van der Waals surface area contributed by atoms with E-state index in [1.54, 1.807) is 4.90 Å². The number of rotatable bonds is 4. The van der Waals surface area contributed by atoms with Crippen LogP contribution in [-0.4, -0.2) is 34.1 Å². The lowest BCUT2D eigenvalue weighted by Gasteiger charge is -2.18. The van der Waals surface area contributed by atoms with Gasteiger partial charge in [-0.15, -0.1) is 16.4 Å². The molecule has 2 rings (SSSR count). The lowest BCUT2D eigenvalue weighted by atomic mass is 10.1. The predicted octanol–water partition coefficient (Wildman–Crippen LogP) is 2.27. The van der Waals surface area contributed by atoms with Crippen molar-refractivity contribution in [1.82, 2.24) is 15.1 Å². The Morgan fingerprint density at radius 3 is 2.76 bits per heavy atom. The van der Waals surface area contributed by atoms with Crippen molar-refractivity contribution in [1.29, 1.82) is 5.26 Å². The van der Waals surface area contributed by atoms with Crippen molar-refractivity contribution < 1.29 is 4.79 Å². The Balaban J connectivity index is 2.47. The van der Waals surface area contributed by atoms with E-state index in [0.29, 0.717) is 34.9 Å². The zero-order valence-corrected chi connectivity index (χ0v) is 13.1. The number of aromatic nitrogens is 2. The van der Waals surface area contributed by atoms with Gasteiger partial charge in [-0.2, -0.15) is 10.4 Å². The van der Waals surface area contributed by atoms with Gasteiger partial charge in [-0.05, 0) is 26.3 Å². The molecule has 7 heteroatoms. The van der Waals surface area contributed by atoms with Crippen LogP contribution in [0.2, 0.25) is 0 Å². The van der Waals surface area contributed by atoms with Crippen LogP contribution in [0.15, 0.2) is 0 Å². The lowest BCUT2D eigenvalue weighted by molar-refractivity contribution is 0.0773. The first-order chi connectivity index (χ1) is 10.0. The van der Waals surface area contributed by atoms with Crippen molar-refractivity contribution >= 4 is 33.1 Å². The molecule has 0 aromatic carbocycles. The summed E-state index contributed by atoms with van der Waals surface area (Å²) in [4.78, 5) is 15.3. The van der Waals surface area contributed by atoms with Gasteiger partial charge in [0, 0.05) is 18.5 Å². The third kappa shape index (κ3) is 2.67. The molecule has 0 saturated carbocycles. The Bertz CT molecular complexity index is 731. The Morgan fingerprint density at radius 2 is 2.14 bits per heavy atom. The van der Waals surface area contributed by atoms with Crippen molar-refractivity contribution in [3.63, 3.8) is 0 Å². The highest BCUT2D eigenvalue weighted by Gasteiger charge is 2.23. The van der Waals surface area contributed by atoms with Crippen LogP contribution in [0, 0.1) is 25.2 Å². The molecule has 0 unspecified atom stereocenters. The second kappa shape index (κ2) is 6.06. The van der Waals surface area contributed by atoms with Gasteiger partial charge in [0.05, 0.1) is 23.9 Å². The molecule has 1 amide bonds. The summed E-state index contributed by atoms with van der Waals surface area (Å²) in [6.07, 6.45) is 0.308. The summed E-state index contributed by atoms with van der Waals surface area (Å²) in [7, 11) is 0. The normalized spacial score (nSPS) is 10.6. The number of nitrogens with two attached hydrogens (primary N) is 1. The number of nitrogen functional groups attached to an aromatic ring is 1. The molecule has 2 N–H and O–H groups in total. The smallest absolute Gasteiger partial charge is 0.266 e. The number of anilines is 1. The van der Waals surface area contributed by atoms with E-state index >= 15 is 0 Å². The summed E-state index contributed by atoms with van der Waals surface area (Å²) in [5, 5.41) is 17.7. The molecule has 0 saturated heterocycles. The lowest BCUT2D eigenvalue weighted by Crippen LogP contribution is -2.31. The number of nitriles is 1. The van der Waals surface area contributed by atoms with Crippen LogP contribution in [0.4, 0.5) is 5.69 Å². The van der Waals surface area contributed by atoms with Crippen molar-refractivity contribution in [2.45, 2.75) is 27.2 Å².